The molecule has 0 N–H and O–H groups in total. The molecule has 1 amide bonds. The second-order valence-corrected chi connectivity index (χ2v) is 5.19. The van der Waals surface area contributed by atoms with Crippen molar-refractivity contribution in [3.63, 3.8) is 0 Å². The van der Waals surface area contributed by atoms with Crippen molar-refractivity contribution in [2.45, 2.75) is 25.6 Å². The molecule has 1 fully saturated rings. The number of anilines is 1. The Morgan fingerprint density at radius 2 is 2.31 bits per heavy atom. The van der Waals surface area contributed by atoms with Crippen LogP contribution in [0.4, 0.5) is 5.69 Å². The summed E-state index contributed by atoms with van der Waals surface area (Å²) in [5.74, 6) is 0.105. The van der Waals surface area contributed by atoms with Gasteiger partial charge in [-0.1, -0.05) is 15.9 Å². The van der Waals surface area contributed by atoms with E-state index in [1.165, 1.54) is 5.56 Å². The zero-order valence-corrected chi connectivity index (χ0v) is 10.5. The number of ether oxygens (including phenoxy) is 1. The van der Waals surface area contributed by atoms with E-state index in [-0.39, 0.29) is 18.1 Å². The van der Waals surface area contributed by atoms with Gasteiger partial charge in [0.25, 0.3) is 5.91 Å². The van der Waals surface area contributed by atoms with Crippen LogP contribution in [0.2, 0.25) is 0 Å². The predicted molar refractivity (Wildman–Crippen MR) is 64.5 cm³/mol. The number of rotatable bonds is 1. The first-order valence-electron chi connectivity index (χ1n) is 5.42. The Labute approximate surface area is 103 Å². The molecular weight excluding hydrogens is 270 g/mol. The van der Waals surface area contributed by atoms with Gasteiger partial charge in [-0.25, -0.2) is 0 Å². The van der Waals surface area contributed by atoms with Crippen molar-refractivity contribution < 1.29 is 9.53 Å². The molecule has 0 radical (unpaired) electrons. The summed E-state index contributed by atoms with van der Waals surface area (Å²) in [5.41, 5.74) is 2.27. The van der Waals surface area contributed by atoms with E-state index in [9.17, 15) is 4.79 Å². The summed E-state index contributed by atoms with van der Waals surface area (Å²) in [6.45, 7) is 2.71. The minimum Gasteiger partial charge on any atom is -0.359 e. The lowest BCUT2D eigenvalue weighted by Gasteiger charge is -2.15. The molecule has 0 spiro atoms. The van der Waals surface area contributed by atoms with Gasteiger partial charge in [-0.05, 0) is 37.1 Å². The average molecular weight is 282 g/mol. The number of nitrogens with zero attached hydrogens (tertiary/aromatic N) is 1. The quantitative estimate of drug-likeness (QED) is 0.739. The van der Waals surface area contributed by atoms with Crippen molar-refractivity contribution in [2.75, 3.05) is 11.4 Å². The average Bonchev–Trinajstić information content (AvgIpc) is 2.84. The van der Waals surface area contributed by atoms with Gasteiger partial charge in [0.05, 0.1) is 6.10 Å². The Bertz CT molecular complexity index is 460. The maximum atomic E-state index is 12.1. The Balaban J connectivity index is 1.88. The van der Waals surface area contributed by atoms with Crippen molar-refractivity contribution >= 4 is 27.5 Å². The van der Waals surface area contributed by atoms with Gasteiger partial charge in [0.15, 0.2) is 6.10 Å². The minimum absolute atomic E-state index is 0.0898. The summed E-state index contributed by atoms with van der Waals surface area (Å²) in [7, 11) is 0. The Morgan fingerprint density at radius 1 is 1.56 bits per heavy atom. The lowest BCUT2D eigenvalue weighted by atomic mass is 10.2. The number of carbonyl (C=O) groups excluding carboxylic acids is 1. The molecule has 2 atom stereocenters. The number of fused-ring (bicyclic) bond motifs is 1. The van der Waals surface area contributed by atoms with Gasteiger partial charge in [0, 0.05) is 16.7 Å². The number of amides is 1. The fraction of sp³-hybridized carbons (Fsp3) is 0.417. The fourth-order valence-corrected chi connectivity index (χ4v) is 2.61. The third-order valence-electron chi connectivity index (χ3n) is 3.16. The summed E-state index contributed by atoms with van der Waals surface area (Å²) in [6.07, 6.45) is 0.809. The van der Waals surface area contributed by atoms with E-state index in [0.717, 1.165) is 23.1 Å². The van der Waals surface area contributed by atoms with Crippen LogP contribution in [0.3, 0.4) is 0 Å². The molecule has 2 aliphatic heterocycles. The Kier molecular flexibility index (Phi) is 2.30. The molecule has 2 aliphatic rings. The molecule has 4 heteroatoms. The molecule has 84 valence electrons. The topological polar surface area (TPSA) is 32.8 Å². The van der Waals surface area contributed by atoms with Crippen molar-refractivity contribution in [1.82, 2.24) is 0 Å². The standard InChI is InChI=1S/C12H12BrNO2/c1-7-11(16-7)12(15)14-5-4-8-6-9(13)2-3-10(8)14/h2-3,6-7,11H,4-5H2,1H3/t7-,11+/m0/s1. The maximum absolute atomic E-state index is 12.1. The molecule has 0 aliphatic carbocycles. The number of benzene rings is 1. The van der Waals surface area contributed by atoms with Gasteiger partial charge in [-0.15, -0.1) is 0 Å². The largest absolute Gasteiger partial charge is 0.359 e. The van der Waals surface area contributed by atoms with E-state index in [1.807, 2.05) is 24.0 Å². The van der Waals surface area contributed by atoms with Crippen LogP contribution in [0, 0.1) is 0 Å². The van der Waals surface area contributed by atoms with E-state index in [4.69, 9.17) is 4.74 Å². The second kappa shape index (κ2) is 3.57. The lowest BCUT2D eigenvalue weighted by molar-refractivity contribution is -0.119. The molecule has 3 rings (SSSR count). The van der Waals surface area contributed by atoms with Gasteiger partial charge >= 0.3 is 0 Å². The van der Waals surface area contributed by atoms with Crippen molar-refractivity contribution in [1.29, 1.82) is 0 Å². The van der Waals surface area contributed by atoms with Gasteiger partial charge in [0.2, 0.25) is 0 Å². The van der Waals surface area contributed by atoms with E-state index < -0.39 is 0 Å². The summed E-state index contributed by atoms with van der Waals surface area (Å²) < 4.78 is 6.30. The maximum Gasteiger partial charge on any atom is 0.258 e. The van der Waals surface area contributed by atoms with Crippen molar-refractivity contribution in [3.8, 4) is 0 Å². The van der Waals surface area contributed by atoms with Crippen LogP contribution in [-0.4, -0.2) is 24.7 Å². The highest BCUT2D eigenvalue weighted by Crippen LogP contribution is 2.33. The van der Waals surface area contributed by atoms with Gasteiger partial charge in [-0.2, -0.15) is 0 Å². The Morgan fingerprint density at radius 3 is 3.00 bits per heavy atom. The van der Waals surface area contributed by atoms with Crippen LogP contribution in [0.25, 0.3) is 0 Å². The SMILES string of the molecule is C[C@@H]1O[C@H]1C(=O)N1CCc2cc(Br)ccc21. The highest BCUT2D eigenvalue weighted by Gasteiger charge is 2.44. The number of halogens is 1. The van der Waals surface area contributed by atoms with Crippen LogP contribution >= 0.6 is 15.9 Å². The lowest BCUT2D eigenvalue weighted by Crippen LogP contribution is -2.33. The number of epoxide rings is 1. The summed E-state index contributed by atoms with van der Waals surface area (Å²) in [5, 5.41) is 0. The molecule has 2 heterocycles. The summed E-state index contributed by atoms with van der Waals surface area (Å²) >= 11 is 3.44. The van der Waals surface area contributed by atoms with Crippen molar-refractivity contribution in [2.24, 2.45) is 0 Å². The zero-order valence-electron chi connectivity index (χ0n) is 8.94. The van der Waals surface area contributed by atoms with Crippen LogP contribution < -0.4 is 4.90 Å². The van der Waals surface area contributed by atoms with Crippen LogP contribution in [0.15, 0.2) is 22.7 Å². The minimum atomic E-state index is -0.213. The normalized spacial score (nSPS) is 26.8. The first kappa shape index (κ1) is 10.3. The summed E-state index contributed by atoms with van der Waals surface area (Å²) in [4.78, 5) is 13.9. The monoisotopic (exact) mass is 281 g/mol. The Hall–Kier alpha value is -0.870. The number of hydrogen-bond donors (Lipinski definition) is 0. The highest BCUT2D eigenvalue weighted by atomic mass is 79.9. The summed E-state index contributed by atoms with van der Waals surface area (Å²) in [6, 6.07) is 6.05. The van der Waals surface area contributed by atoms with Gasteiger partial charge in [-0.3, -0.25) is 4.79 Å². The molecule has 1 aromatic carbocycles. The highest BCUT2D eigenvalue weighted by molar-refractivity contribution is 9.10. The predicted octanol–water partition coefficient (Wildman–Crippen LogP) is 2.13. The van der Waals surface area contributed by atoms with E-state index in [0.29, 0.717) is 0 Å². The van der Waals surface area contributed by atoms with Gasteiger partial charge < -0.3 is 9.64 Å². The van der Waals surface area contributed by atoms with Crippen LogP contribution in [-0.2, 0) is 16.0 Å². The molecular formula is C12H12BrNO2. The molecule has 1 saturated heterocycles. The van der Waals surface area contributed by atoms with Crippen LogP contribution in [0.1, 0.15) is 12.5 Å². The van der Waals surface area contributed by atoms with Gasteiger partial charge in [0.1, 0.15) is 0 Å². The van der Waals surface area contributed by atoms with E-state index in [2.05, 4.69) is 22.0 Å². The number of hydrogen-bond acceptors (Lipinski definition) is 2. The molecule has 1 aromatic rings. The van der Waals surface area contributed by atoms with E-state index >= 15 is 0 Å². The van der Waals surface area contributed by atoms with Crippen LogP contribution in [0.5, 0.6) is 0 Å². The molecule has 0 aromatic heterocycles. The first-order valence-corrected chi connectivity index (χ1v) is 6.21. The fourth-order valence-electron chi connectivity index (χ4n) is 2.20. The van der Waals surface area contributed by atoms with Crippen molar-refractivity contribution in [3.05, 3.63) is 28.2 Å². The van der Waals surface area contributed by atoms with E-state index in [1.54, 1.807) is 0 Å². The third-order valence-corrected chi connectivity index (χ3v) is 3.65. The third kappa shape index (κ3) is 1.57. The zero-order chi connectivity index (χ0) is 11.3. The smallest absolute Gasteiger partial charge is 0.258 e. The molecule has 0 bridgehead atoms. The molecule has 0 unspecified atom stereocenters. The molecule has 3 nitrogen and oxygen atoms in total. The number of carbonyl (C=O) groups is 1. The first-order chi connectivity index (χ1) is 7.66. The molecule has 0 saturated carbocycles. The second-order valence-electron chi connectivity index (χ2n) is 4.27. The molecule has 16 heavy (non-hydrogen) atoms.